The van der Waals surface area contributed by atoms with Gasteiger partial charge in [0.15, 0.2) is 0 Å². The second kappa shape index (κ2) is 7.72. The van der Waals surface area contributed by atoms with E-state index in [4.69, 9.17) is 5.11 Å². The minimum atomic E-state index is -0.852. The summed E-state index contributed by atoms with van der Waals surface area (Å²) in [5.74, 6) is -1.35. The monoisotopic (exact) mass is 285 g/mol. The molecule has 1 fully saturated rings. The Morgan fingerprint density at radius 1 is 1.30 bits per heavy atom. The highest BCUT2D eigenvalue weighted by atomic mass is 16.4. The Morgan fingerprint density at radius 2 is 1.90 bits per heavy atom. The minimum absolute atomic E-state index is 0.0458. The molecule has 0 aliphatic carbocycles. The van der Waals surface area contributed by atoms with Crippen molar-refractivity contribution < 1.29 is 19.5 Å². The van der Waals surface area contributed by atoms with Gasteiger partial charge in [-0.25, -0.2) is 4.79 Å². The third kappa shape index (κ3) is 5.46. The van der Waals surface area contributed by atoms with Crippen molar-refractivity contribution in [3.63, 3.8) is 0 Å². The smallest absolute Gasteiger partial charge is 0.317 e. The van der Waals surface area contributed by atoms with E-state index < -0.39 is 11.9 Å². The zero-order valence-electron chi connectivity index (χ0n) is 12.0. The van der Waals surface area contributed by atoms with Crippen LogP contribution < -0.4 is 10.6 Å². The van der Waals surface area contributed by atoms with Crippen molar-refractivity contribution in [2.24, 2.45) is 5.92 Å². The van der Waals surface area contributed by atoms with Crippen LogP contribution in [0.3, 0.4) is 0 Å². The first-order chi connectivity index (χ1) is 9.40. The highest BCUT2D eigenvalue weighted by Crippen LogP contribution is 2.10. The molecular weight excluding hydrogens is 262 g/mol. The zero-order valence-corrected chi connectivity index (χ0v) is 12.0. The fourth-order valence-electron chi connectivity index (χ4n) is 2.15. The summed E-state index contributed by atoms with van der Waals surface area (Å²) in [4.78, 5) is 35.1. The summed E-state index contributed by atoms with van der Waals surface area (Å²) in [7, 11) is 0. The third-order valence-corrected chi connectivity index (χ3v) is 3.46. The molecule has 1 saturated heterocycles. The Kier molecular flexibility index (Phi) is 6.27. The van der Waals surface area contributed by atoms with Crippen molar-refractivity contribution in [2.75, 3.05) is 19.6 Å². The van der Waals surface area contributed by atoms with Crippen LogP contribution in [-0.2, 0) is 9.59 Å². The van der Waals surface area contributed by atoms with Gasteiger partial charge < -0.3 is 20.6 Å². The standard InChI is InChI=1S/C13H23N3O4/c1-9(12(18)19)3-6-14-13(20)16-7-4-11(5-8-16)15-10(2)17/h9,11H,3-8H2,1-2H3,(H,14,20)(H,15,17)(H,18,19). The first kappa shape index (κ1) is 16.3. The maximum absolute atomic E-state index is 11.9. The van der Waals surface area contributed by atoms with Crippen molar-refractivity contribution in [3.8, 4) is 0 Å². The number of nitrogens with zero attached hydrogens (tertiary/aromatic N) is 1. The number of hydrogen-bond donors (Lipinski definition) is 3. The number of piperidine rings is 1. The van der Waals surface area contributed by atoms with Gasteiger partial charge in [-0.05, 0) is 19.3 Å². The summed E-state index contributed by atoms with van der Waals surface area (Å²) >= 11 is 0. The molecule has 1 rings (SSSR count). The number of carbonyl (C=O) groups is 3. The van der Waals surface area contributed by atoms with Crippen molar-refractivity contribution in [1.82, 2.24) is 15.5 Å². The summed E-state index contributed by atoms with van der Waals surface area (Å²) in [5, 5.41) is 14.3. The van der Waals surface area contributed by atoms with Crippen LogP contribution in [0.1, 0.15) is 33.1 Å². The molecule has 0 aromatic carbocycles. The normalized spacial score (nSPS) is 17.4. The van der Waals surface area contributed by atoms with E-state index in [0.717, 1.165) is 12.8 Å². The first-order valence-corrected chi connectivity index (χ1v) is 6.93. The molecule has 3 N–H and O–H groups in total. The largest absolute Gasteiger partial charge is 0.481 e. The summed E-state index contributed by atoms with van der Waals surface area (Å²) in [6, 6.07) is -0.0209. The Bertz CT molecular complexity index is 365. The number of carbonyl (C=O) groups excluding carboxylic acids is 2. The van der Waals surface area contributed by atoms with Crippen LogP contribution in [0.25, 0.3) is 0 Å². The average Bonchev–Trinajstić information content (AvgIpc) is 2.38. The molecule has 114 valence electrons. The highest BCUT2D eigenvalue weighted by Gasteiger charge is 2.23. The molecule has 1 aliphatic heterocycles. The Balaban J connectivity index is 2.22. The molecule has 0 aromatic heterocycles. The molecule has 1 heterocycles. The first-order valence-electron chi connectivity index (χ1n) is 6.93. The van der Waals surface area contributed by atoms with E-state index in [1.54, 1.807) is 11.8 Å². The highest BCUT2D eigenvalue weighted by molar-refractivity contribution is 5.75. The van der Waals surface area contributed by atoms with Gasteiger partial charge in [-0.1, -0.05) is 6.92 Å². The fraction of sp³-hybridized carbons (Fsp3) is 0.769. The second-order valence-electron chi connectivity index (χ2n) is 5.22. The third-order valence-electron chi connectivity index (χ3n) is 3.46. The molecule has 1 aliphatic rings. The van der Waals surface area contributed by atoms with Gasteiger partial charge in [0, 0.05) is 32.6 Å². The van der Waals surface area contributed by atoms with E-state index >= 15 is 0 Å². The molecular formula is C13H23N3O4. The second-order valence-corrected chi connectivity index (χ2v) is 5.22. The fourth-order valence-corrected chi connectivity index (χ4v) is 2.15. The summed E-state index contributed by atoms with van der Waals surface area (Å²) in [6.07, 6.45) is 1.92. The van der Waals surface area contributed by atoms with Crippen molar-refractivity contribution >= 4 is 17.9 Å². The number of amides is 3. The van der Waals surface area contributed by atoms with Gasteiger partial charge in [-0.2, -0.15) is 0 Å². The van der Waals surface area contributed by atoms with Crippen LogP contribution in [0.5, 0.6) is 0 Å². The quantitative estimate of drug-likeness (QED) is 0.681. The molecule has 0 saturated carbocycles. The van der Waals surface area contributed by atoms with Crippen LogP contribution in [0.2, 0.25) is 0 Å². The van der Waals surface area contributed by atoms with E-state index in [1.807, 2.05) is 0 Å². The number of nitrogens with one attached hydrogen (secondary N) is 2. The number of urea groups is 1. The number of hydrogen-bond acceptors (Lipinski definition) is 3. The van der Waals surface area contributed by atoms with Gasteiger partial charge in [0.25, 0.3) is 0 Å². The van der Waals surface area contributed by atoms with Crippen molar-refractivity contribution in [2.45, 2.75) is 39.2 Å². The average molecular weight is 285 g/mol. The van der Waals surface area contributed by atoms with Gasteiger partial charge in [0.1, 0.15) is 0 Å². The molecule has 0 radical (unpaired) electrons. The van der Waals surface area contributed by atoms with Gasteiger partial charge in [0.05, 0.1) is 5.92 Å². The number of aliphatic carboxylic acids is 1. The SMILES string of the molecule is CC(=O)NC1CCN(C(=O)NCCC(C)C(=O)O)CC1. The van der Waals surface area contributed by atoms with Gasteiger partial charge in [-0.3, -0.25) is 9.59 Å². The Morgan fingerprint density at radius 3 is 2.40 bits per heavy atom. The number of carboxylic acid groups (broad SMARTS) is 1. The molecule has 0 aromatic rings. The Hall–Kier alpha value is -1.79. The summed E-state index contributed by atoms with van der Waals surface area (Å²) < 4.78 is 0. The van der Waals surface area contributed by atoms with E-state index in [9.17, 15) is 14.4 Å². The lowest BCUT2D eigenvalue weighted by atomic mass is 10.1. The summed E-state index contributed by atoms with van der Waals surface area (Å²) in [6.45, 7) is 4.67. The lowest BCUT2D eigenvalue weighted by Crippen LogP contribution is -2.49. The summed E-state index contributed by atoms with van der Waals surface area (Å²) in [5.41, 5.74) is 0. The zero-order chi connectivity index (χ0) is 15.1. The molecule has 20 heavy (non-hydrogen) atoms. The minimum Gasteiger partial charge on any atom is -0.481 e. The molecule has 3 amide bonds. The predicted octanol–water partition coefficient (Wildman–Crippen LogP) is 0.407. The van der Waals surface area contributed by atoms with E-state index in [1.165, 1.54) is 6.92 Å². The van der Waals surface area contributed by atoms with Crippen LogP contribution >= 0.6 is 0 Å². The van der Waals surface area contributed by atoms with Crippen molar-refractivity contribution in [3.05, 3.63) is 0 Å². The van der Waals surface area contributed by atoms with Crippen molar-refractivity contribution in [1.29, 1.82) is 0 Å². The van der Waals surface area contributed by atoms with Crippen LogP contribution in [0.4, 0.5) is 4.79 Å². The number of carboxylic acids is 1. The molecule has 1 unspecified atom stereocenters. The Labute approximate surface area is 118 Å². The van der Waals surface area contributed by atoms with Crippen LogP contribution in [0.15, 0.2) is 0 Å². The van der Waals surface area contributed by atoms with E-state index in [0.29, 0.717) is 26.1 Å². The molecule has 1 atom stereocenters. The maximum atomic E-state index is 11.9. The van der Waals surface area contributed by atoms with Gasteiger partial charge in [-0.15, -0.1) is 0 Å². The maximum Gasteiger partial charge on any atom is 0.317 e. The van der Waals surface area contributed by atoms with E-state index in [-0.39, 0.29) is 18.0 Å². The van der Waals surface area contributed by atoms with Crippen LogP contribution in [-0.4, -0.2) is 53.6 Å². The number of rotatable bonds is 5. The topological polar surface area (TPSA) is 98.7 Å². The molecule has 7 heteroatoms. The molecule has 7 nitrogen and oxygen atoms in total. The van der Waals surface area contributed by atoms with Gasteiger partial charge >= 0.3 is 12.0 Å². The molecule has 0 bridgehead atoms. The van der Waals surface area contributed by atoms with E-state index in [2.05, 4.69) is 10.6 Å². The predicted molar refractivity (Wildman–Crippen MR) is 73.2 cm³/mol. The number of likely N-dealkylation sites (tertiary alicyclic amines) is 1. The molecule has 0 spiro atoms. The lowest BCUT2D eigenvalue weighted by molar-refractivity contribution is -0.141. The van der Waals surface area contributed by atoms with Gasteiger partial charge in [0.2, 0.25) is 5.91 Å². The van der Waals surface area contributed by atoms with Crippen LogP contribution in [0, 0.1) is 5.92 Å². The lowest BCUT2D eigenvalue weighted by Gasteiger charge is -2.32.